The van der Waals surface area contributed by atoms with E-state index in [1.165, 1.54) is 4.90 Å². The number of nitrogens with zero attached hydrogens (tertiary/aromatic N) is 2. The van der Waals surface area contributed by atoms with E-state index in [2.05, 4.69) is 28.6 Å². The van der Waals surface area contributed by atoms with Crippen molar-refractivity contribution in [3.8, 4) is 0 Å². The Morgan fingerprint density at radius 1 is 1.11 bits per heavy atom. The maximum absolute atomic E-state index is 12.7. The first-order valence-corrected chi connectivity index (χ1v) is 8.89. The minimum atomic E-state index is -0.483. The number of hydrogen-bond donors (Lipinski definition) is 1. The summed E-state index contributed by atoms with van der Waals surface area (Å²) >= 11 is 5.08. The van der Waals surface area contributed by atoms with Crippen molar-refractivity contribution in [2.24, 2.45) is 7.05 Å². The fraction of sp³-hybridized carbons (Fsp3) is 0.0952. The molecule has 1 N–H and O–H groups in total. The highest BCUT2D eigenvalue weighted by molar-refractivity contribution is 7.80. The summed E-state index contributed by atoms with van der Waals surface area (Å²) in [6, 6.07) is 14.0. The van der Waals surface area contributed by atoms with Gasteiger partial charge in [-0.3, -0.25) is 19.8 Å². The highest BCUT2D eigenvalue weighted by Crippen LogP contribution is 2.29. The Morgan fingerprint density at radius 3 is 2.63 bits per heavy atom. The van der Waals surface area contributed by atoms with Crippen molar-refractivity contribution in [1.29, 1.82) is 0 Å². The van der Waals surface area contributed by atoms with Gasteiger partial charge in [0, 0.05) is 35.4 Å². The second kappa shape index (κ2) is 6.48. The molecule has 134 valence electrons. The van der Waals surface area contributed by atoms with Crippen LogP contribution >= 0.6 is 12.2 Å². The lowest BCUT2D eigenvalue weighted by Crippen LogP contribution is -2.53. The molecule has 0 saturated carbocycles. The second-order valence-electron chi connectivity index (χ2n) is 6.37. The van der Waals surface area contributed by atoms with E-state index in [0.29, 0.717) is 0 Å². The standard InChI is InChI=1S/C21H17N3O2S/c1-3-10-24-20(26)16(19(25)22-21(24)27)12-13-8-9-18-15(11-13)14-6-4-5-7-17(14)23(18)2/h3-9,11-12H,1,10H2,2H3,(H,22,25,27)/b16-12-. The molecule has 0 spiro atoms. The summed E-state index contributed by atoms with van der Waals surface area (Å²) in [6.45, 7) is 3.88. The van der Waals surface area contributed by atoms with Crippen molar-refractivity contribution in [3.05, 3.63) is 66.3 Å². The van der Waals surface area contributed by atoms with Crippen LogP contribution in [0.15, 0.2) is 60.7 Å². The molecule has 3 aromatic rings. The van der Waals surface area contributed by atoms with Gasteiger partial charge in [-0.05, 0) is 42.1 Å². The minimum absolute atomic E-state index is 0.0602. The van der Waals surface area contributed by atoms with E-state index >= 15 is 0 Å². The van der Waals surface area contributed by atoms with Crippen LogP contribution in [-0.2, 0) is 16.6 Å². The molecule has 2 aromatic carbocycles. The van der Waals surface area contributed by atoms with Gasteiger partial charge in [-0.2, -0.15) is 0 Å². The Kier molecular flexibility index (Phi) is 4.12. The highest BCUT2D eigenvalue weighted by atomic mass is 32.1. The Hall–Kier alpha value is -3.25. The van der Waals surface area contributed by atoms with Gasteiger partial charge in [-0.25, -0.2) is 0 Å². The van der Waals surface area contributed by atoms with Crippen LogP contribution in [-0.4, -0.2) is 32.9 Å². The molecule has 0 radical (unpaired) electrons. The SMILES string of the molecule is C=CCN1C(=O)/C(=C\c2ccc3c(c2)c2ccccc2n3C)C(=O)NC1=S. The van der Waals surface area contributed by atoms with Gasteiger partial charge in [0.1, 0.15) is 5.57 Å². The lowest BCUT2D eigenvalue weighted by Gasteiger charge is -2.27. The molecular weight excluding hydrogens is 358 g/mol. The van der Waals surface area contributed by atoms with Gasteiger partial charge in [-0.15, -0.1) is 6.58 Å². The predicted molar refractivity (Wildman–Crippen MR) is 111 cm³/mol. The topological polar surface area (TPSA) is 54.3 Å². The second-order valence-corrected chi connectivity index (χ2v) is 6.76. The highest BCUT2D eigenvalue weighted by Gasteiger charge is 2.32. The van der Waals surface area contributed by atoms with Crippen LogP contribution in [0.4, 0.5) is 0 Å². The fourth-order valence-electron chi connectivity index (χ4n) is 3.43. The smallest absolute Gasteiger partial charge is 0.265 e. The van der Waals surface area contributed by atoms with Crippen LogP contribution in [0.5, 0.6) is 0 Å². The van der Waals surface area contributed by atoms with Crippen molar-refractivity contribution >= 4 is 57.0 Å². The largest absolute Gasteiger partial charge is 0.344 e. The molecule has 1 aromatic heterocycles. The number of fused-ring (bicyclic) bond motifs is 3. The average Bonchev–Trinajstić information content (AvgIpc) is 2.95. The molecule has 2 amide bonds. The molecular formula is C21H17N3O2S. The molecule has 2 heterocycles. The van der Waals surface area contributed by atoms with Gasteiger partial charge in [-0.1, -0.05) is 30.3 Å². The summed E-state index contributed by atoms with van der Waals surface area (Å²) in [5.74, 6) is -0.898. The number of thiocarbonyl (C=S) groups is 1. The molecule has 1 aliphatic rings. The molecule has 6 heteroatoms. The summed E-state index contributed by atoms with van der Waals surface area (Å²) < 4.78 is 2.13. The van der Waals surface area contributed by atoms with E-state index < -0.39 is 11.8 Å². The Labute approximate surface area is 161 Å². The number of carbonyl (C=O) groups excluding carboxylic acids is 2. The number of nitrogens with one attached hydrogen (secondary N) is 1. The van der Waals surface area contributed by atoms with E-state index in [-0.39, 0.29) is 17.2 Å². The zero-order valence-electron chi connectivity index (χ0n) is 14.7. The van der Waals surface area contributed by atoms with E-state index in [1.807, 2.05) is 37.4 Å². The van der Waals surface area contributed by atoms with Crippen LogP contribution in [0.25, 0.3) is 27.9 Å². The molecule has 1 fully saturated rings. The number of hydrogen-bond acceptors (Lipinski definition) is 3. The average molecular weight is 375 g/mol. The zero-order valence-corrected chi connectivity index (χ0v) is 15.5. The van der Waals surface area contributed by atoms with E-state index in [0.717, 1.165) is 27.4 Å². The van der Waals surface area contributed by atoms with Crippen LogP contribution in [0.2, 0.25) is 0 Å². The summed E-state index contributed by atoms with van der Waals surface area (Å²) in [6.07, 6.45) is 3.18. The summed E-state index contributed by atoms with van der Waals surface area (Å²) in [5, 5.41) is 4.87. The number of amides is 2. The van der Waals surface area contributed by atoms with Gasteiger partial charge in [0.25, 0.3) is 11.8 Å². The first-order valence-electron chi connectivity index (χ1n) is 8.48. The number of carbonyl (C=O) groups is 2. The van der Waals surface area contributed by atoms with Crippen LogP contribution in [0.3, 0.4) is 0 Å². The van der Waals surface area contributed by atoms with Gasteiger partial charge < -0.3 is 4.57 Å². The molecule has 0 bridgehead atoms. The zero-order chi connectivity index (χ0) is 19.1. The molecule has 0 atom stereocenters. The third-order valence-corrected chi connectivity index (χ3v) is 5.07. The van der Waals surface area contributed by atoms with Gasteiger partial charge in [0.05, 0.1) is 0 Å². The molecule has 0 unspecified atom stereocenters. The van der Waals surface area contributed by atoms with Crippen LogP contribution in [0, 0.1) is 0 Å². The maximum atomic E-state index is 12.7. The van der Waals surface area contributed by atoms with Crippen LogP contribution in [0.1, 0.15) is 5.56 Å². The number of benzene rings is 2. The van der Waals surface area contributed by atoms with Crippen molar-refractivity contribution in [1.82, 2.24) is 14.8 Å². The molecule has 1 aliphatic heterocycles. The lowest BCUT2D eigenvalue weighted by atomic mass is 10.0. The maximum Gasteiger partial charge on any atom is 0.265 e. The third kappa shape index (κ3) is 2.74. The third-order valence-electron chi connectivity index (χ3n) is 4.75. The summed E-state index contributed by atoms with van der Waals surface area (Å²) in [7, 11) is 2.02. The van der Waals surface area contributed by atoms with Gasteiger partial charge in [0.15, 0.2) is 5.11 Å². The normalized spacial score (nSPS) is 16.4. The first kappa shape index (κ1) is 17.2. The molecule has 0 aliphatic carbocycles. The van der Waals surface area contributed by atoms with E-state index in [9.17, 15) is 9.59 Å². The lowest BCUT2D eigenvalue weighted by molar-refractivity contribution is -0.128. The number of rotatable bonds is 3. The molecule has 4 rings (SSSR count). The fourth-order valence-corrected chi connectivity index (χ4v) is 3.68. The Morgan fingerprint density at radius 2 is 1.85 bits per heavy atom. The monoisotopic (exact) mass is 375 g/mol. The van der Waals surface area contributed by atoms with Crippen molar-refractivity contribution < 1.29 is 9.59 Å². The first-order chi connectivity index (χ1) is 13.0. The van der Waals surface area contributed by atoms with Crippen molar-refractivity contribution in [2.75, 3.05) is 6.54 Å². The number of aryl methyl sites for hydroxylation is 1. The Bertz CT molecular complexity index is 1170. The number of para-hydroxylation sites is 1. The Balaban J connectivity index is 1.83. The predicted octanol–water partition coefficient (Wildman–Crippen LogP) is 3.14. The summed E-state index contributed by atoms with van der Waals surface area (Å²) in [5.41, 5.74) is 3.06. The van der Waals surface area contributed by atoms with Crippen molar-refractivity contribution in [2.45, 2.75) is 0 Å². The quantitative estimate of drug-likeness (QED) is 0.331. The van der Waals surface area contributed by atoms with E-state index in [1.54, 1.807) is 12.2 Å². The van der Waals surface area contributed by atoms with Gasteiger partial charge in [0.2, 0.25) is 0 Å². The minimum Gasteiger partial charge on any atom is -0.344 e. The van der Waals surface area contributed by atoms with E-state index in [4.69, 9.17) is 12.2 Å². The molecule has 27 heavy (non-hydrogen) atoms. The molecule has 5 nitrogen and oxygen atoms in total. The molecule has 1 saturated heterocycles. The van der Waals surface area contributed by atoms with Gasteiger partial charge >= 0.3 is 0 Å². The van der Waals surface area contributed by atoms with Crippen LogP contribution < -0.4 is 5.32 Å². The van der Waals surface area contributed by atoms with Crippen molar-refractivity contribution in [3.63, 3.8) is 0 Å². The summed E-state index contributed by atoms with van der Waals surface area (Å²) in [4.78, 5) is 26.3. The number of aromatic nitrogens is 1.